The molecule has 0 aliphatic heterocycles. The highest BCUT2D eigenvalue weighted by Crippen LogP contribution is 2.33. The van der Waals surface area contributed by atoms with Crippen molar-refractivity contribution in [2.75, 3.05) is 14.2 Å². The van der Waals surface area contributed by atoms with E-state index in [0.717, 1.165) is 16.9 Å². The number of methoxy groups -OCH3 is 2. The molecule has 3 nitrogen and oxygen atoms in total. The molecule has 0 saturated heterocycles. The number of nitriles is 1. The van der Waals surface area contributed by atoms with Gasteiger partial charge in [-0.15, -0.1) is 0 Å². The van der Waals surface area contributed by atoms with E-state index in [1.807, 2.05) is 54.6 Å². The first kappa shape index (κ1) is 15.1. The fourth-order valence-electron chi connectivity index (χ4n) is 2.47. The van der Waals surface area contributed by atoms with Crippen molar-refractivity contribution >= 4 is 0 Å². The highest BCUT2D eigenvalue weighted by molar-refractivity contribution is 5.32. The lowest BCUT2D eigenvalue weighted by Crippen LogP contribution is -2.30. The highest BCUT2D eigenvalue weighted by Gasteiger charge is 2.32. The van der Waals surface area contributed by atoms with Crippen LogP contribution >= 0.6 is 0 Å². The zero-order valence-electron chi connectivity index (χ0n) is 12.4. The van der Waals surface area contributed by atoms with Crippen LogP contribution in [-0.4, -0.2) is 14.2 Å². The van der Waals surface area contributed by atoms with Crippen LogP contribution in [0.2, 0.25) is 0 Å². The number of rotatable bonds is 6. The molecule has 0 heterocycles. The van der Waals surface area contributed by atoms with E-state index in [1.54, 1.807) is 14.2 Å². The average molecular weight is 281 g/mol. The largest absolute Gasteiger partial charge is 0.497 e. The summed E-state index contributed by atoms with van der Waals surface area (Å²) in [6.45, 7) is 0. The first-order valence-electron chi connectivity index (χ1n) is 6.84. The van der Waals surface area contributed by atoms with Crippen LogP contribution in [0.25, 0.3) is 0 Å². The number of ether oxygens (including phenoxy) is 2. The lowest BCUT2D eigenvalue weighted by atomic mass is 9.84. The Balaban J connectivity index is 2.34. The van der Waals surface area contributed by atoms with Gasteiger partial charge in [0.15, 0.2) is 0 Å². The molecule has 0 saturated carbocycles. The average Bonchev–Trinajstić information content (AvgIpc) is 2.56. The van der Waals surface area contributed by atoms with Gasteiger partial charge >= 0.3 is 0 Å². The van der Waals surface area contributed by atoms with Gasteiger partial charge in [0.25, 0.3) is 0 Å². The molecule has 1 atom stereocenters. The standard InChI is InChI=1S/C18H19NO2/c1-20-17-10-8-15(9-11-17)14-18(21-2,12-13-19)16-6-4-3-5-7-16/h3-11H,12,14H2,1-2H3. The second-order valence-corrected chi connectivity index (χ2v) is 4.92. The van der Waals surface area contributed by atoms with Gasteiger partial charge in [-0.05, 0) is 23.3 Å². The van der Waals surface area contributed by atoms with Gasteiger partial charge in [-0.2, -0.15) is 5.26 Å². The molecule has 0 aliphatic rings. The van der Waals surface area contributed by atoms with Crippen molar-refractivity contribution in [3.05, 3.63) is 65.7 Å². The first-order valence-corrected chi connectivity index (χ1v) is 6.84. The Morgan fingerprint density at radius 2 is 1.67 bits per heavy atom. The summed E-state index contributed by atoms with van der Waals surface area (Å²) in [4.78, 5) is 0. The molecule has 2 aromatic rings. The minimum atomic E-state index is -0.620. The van der Waals surface area contributed by atoms with Gasteiger partial charge in [0.1, 0.15) is 11.4 Å². The minimum Gasteiger partial charge on any atom is -0.497 e. The topological polar surface area (TPSA) is 42.2 Å². The van der Waals surface area contributed by atoms with Crippen LogP contribution in [0.3, 0.4) is 0 Å². The number of benzene rings is 2. The molecule has 0 amide bonds. The van der Waals surface area contributed by atoms with Crippen LogP contribution in [0.5, 0.6) is 5.75 Å². The molecule has 0 fully saturated rings. The maximum Gasteiger partial charge on any atom is 0.118 e. The molecule has 0 N–H and O–H groups in total. The van der Waals surface area contributed by atoms with Crippen LogP contribution in [0, 0.1) is 11.3 Å². The highest BCUT2D eigenvalue weighted by atomic mass is 16.5. The molecule has 108 valence electrons. The third kappa shape index (κ3) is 3.42. The number of hydrogen-bond donors (Lipinski definition) is 0. The lowest BCUT2D eigenvalue weighted by molar-refractivity contribution is -0.0109. The molecule has 3 heteroatoms. The van der Waals surface area contributed by atoms with Crippen LogP contribution < -0.4 is 4.74 Å². The molecule has 2 aromatic carbocycles. The summed E-state index contributed by atoms with van der Waals surface area (Å²) < 4.78 is 10.9. The van der Waals surface area contributed by atoms with E-state index in [-0.39, 0.29) is 0 Å². The lowest BCUT2D eigenvalue weighted by Gasteiger charge is -2.31. The van der Waals surface area contributed by atoms with Crippen molar-refractivity contribution < 1.29 is 9.47 Å². The number of nitrogens with zero attached hydrogens (tertiary/aromatic N) is 1. The molecule has 21 heavy (non-hydrogen) atoms. The second kappa shape index (κ2) is 6.92. The van der Waals surface area contributed by atoms with E-state index in [4.69, 9.17) is 9.47 Å². The summed E-state index contributed by atoms with van der Waals surface area (Å²) >= 11 is 0. The van der Waals surface area contributed by atoms with E-state index >= 15 is 0 Å². The quantitative estimate of drug-likeness (QED) is 0.811. The van der Waals surface area contributed by atoms with Gasteiger partial charge in [-0.25, -0.2) is 0 Å². The summed E-state index contributed by atoms with van der Waals surface area (Å²) in [6.07, 6.45) is 0.949. The Morgan fingerprint density at radius 3 is 2.19 bits per heavy atom. The summed E-state index contributed by atoms with van der Waals surface area (Å²) in [7, 11) is 3.31. The van der Waals surface area contributed by atoms with Crippen LogP contribution in [0.15, 0.2) is 54.6 Å². The van der Waals surface area contributed by atoms with Gasteiger partial charge in [0, 0.05) is 13.5 Å². The van der Waals surface area contributed by atoms with Gasteiger partial charge in [-0.3, -0.25) is 0 Å². The second-order valence-electron chi connectivity index (χ2n) is 4.92. The predicted molar refractivity (Wildman–Crippen MR) is 82.1 cm³/mol. The molecular weight excluding hydrogens is 262 g/mol. The first-order chi connectivity index (χ1) is 10.2. The van der Waals surface area contributed by atoms with Crippen molar-refractivity contribution in [1.82, 2.24) is 0 Å². The zero-order chi connectivity index (χ0) is 15.1. The van der Waals surface area contributed by atoms with Gasteiger partial charge < -0.3 is 9.47 Å². The van der Waals surface area contributed by atoms with Gasteiger partial charge in [0.05, 0.1) is 19.6 Å². The van der Waals surface area contributed by atoms with E-state index in [2.05, 4.69) is 6.07 Å². The van der Waals surface area contributed by atoms with E-state index in [0.29, 0.717) is 12.8 Å². The Labute approximate surface area is 125 Å². The molecule has 0 aliphatic carbocycles. The molecule has 0 bridgehead atoms. The van der Waals surface area contributed by atoms with Gasteiger partial charge in [-0.1, -0.05) is 42.5 Å². The van der Waals surface area contributed by atoms with Crippen LogP contribution in [0.4, 0.5) is 0 Å². The molecule has 1 unspecified atom stereocenters. The van der Waals surface area contributed by atoms with E-state index in [9.17, 15) is 5.26 Å². The third-order valence-electron chi connectivity index (χ3n) is 3.70. The summed E-state index contributed by atoms with van der Waals surface area (Å²) in [6, 6.07) is 20.0. The fourth-order valence-corrected chi connectivity index (χ4v) is 2.47. The third-order valence-corrected chi connectivity index (χ3v) is 3.70. The SMILES string of the molecule is COc1ccc(CC(CC#N)(OC)c2ccccc2)cc1. The molecule has 0 spiro atoms. The van der Waals surface area contributed by atoms with Crippen molar-refractivity contribution in [3.63, 3.8) is 0 Å². The molecule has 2 rings (SSSR count). The monoisotopic (exact) mass is 281 g/mol. The molecule has 0 radical (unpaired) electrons. The Bertz CT molecular complexity index is 601. The summed E-state index contributed by atoms with van der Waals surface area (Å²) in [5.74, 6) is 0.821. The van der Waals surface area contributed by atoms with Crippen molar-refractivity contribution in [2.45, 2.75) is 18.4 Å². The van der Waals surface area contributed by atoms with E-state index < -0.39 is 5.60 Å². The van der Waals surface area contributed by atoms with Crippen LogP contribution in [-0.2, 0) is 16.8 Å². The normalized spacial score (nSPS) is 13.2. The minimum absolute atomic E-state index is 0.305. The molecule has 0 aromatic heterocycles. The fraction of sp³-hybridized carbons (Fsp3) is 0.278. The predicted octanol–water partition coefficient (Wildman–Crippen LogP) is 3.69. The van der Waals surface area contributed by atoms with Crippen molar-refractivity contribution in [2.24, 2.45) is 0 Å². The maximum absolute atomic E-state index is 9.20. The Morgan fingerprint density at radius 1 is 1.00 bits per heavy atom. The zero-order valence-corrected chi connectivity index (χ0v) is 12.4. The Kier molecular flexibility index (Phi) is 4.97. The van der Waals surface area contributed by atoms with Crippen molar-refractivity contribution in [1.29, 1.82) is 5.26 Å². The van der Waals surface area contributed by atoms with E-state index in [1.165, 1.54) is 0 Å². The Hall–Kier alpha value is -2.31. The molecular formula is C18H19NO2. The van der Waals surface area contributed by atoms with Crippen LogP contribution in [0.1, 0.15) is 17.5 Å². The maximum atomic E-state index is 9.20. The smallest absolute Gasteiger partial charge is 0.118 e. The number of hydrogen-bond acceptors (Lipinski definition) is 3. The summed E-state index contributed by atoms with van der Waals surface area (Å²) in [5, 5.41) is 9.20. The van der Waals surface area contributed by atoms with Gasteiger partial charge in [0.2, 0.25) is 0 Å². The summed E-state index contributed by atoms with van der Waals surface area (Å²) in [5.41, 5.74) is 1.51. The van der Waals surface area contributed by atoms with Crippen molar-refractivity contribution in [3.8, 4) is 11.8 Å².